The minimum atomic E-state index is -4.46. The van der Waals surface area contributed by atoms with Crippen molar-refractivity contribution in [2.45, 2.75) is 45.1 Å². The molecule has 0 aliphatic carbocycles. The van der Waals surface area contributed by atoms with Gasteiger partial charge in [0, 0.05) is 5.39 Å². The van der Waals surface area contributed by atoms with E-state index in [1.165, 1.54) is 6.07 Å². The van der Waals surface area contributed by atoms with Gasteiger partial charge in [-0.1, -0.05) is 18.2 Å². The molecule has 1 aliphatic rings. The van der Waals surface area contributed by atoms with E-state index in [0.29, 0.717) is 11.0 Å². The van der Waals surface area contributed by atoms with Crippen LogP contribution < -0.4 is 5.59 Å². The fraction of sp³-hybridized carbons (Fsp3) is 0.438. The lowest BCUT2D eigenvalue weighted by atomic mass is 9.83. The molecule has 0 N–H and O–H groups in total. The van der Waals surface area contributed by atoms with Gasteiger partial charge in [-0.05, 0) is 39.8 Å². The number of hydrogen-bond acceptors (Lipinski definition) is 3. The van der Waals surface area contributed by atoms with Crippen LogP contribution in [-0.2, 0) is 15.5 Å². The zero-order chi connectivity index (χ0) is 17.0. The average molecular weight is 323 g/mol. The molecular formula is C16H17BF3NO2. The molecule has 1 aliphatic heterocycles. The zero-order valence-corrected chi connectivity index (χ0v) is 13.4. The Labute approximate surface area is 132 Å². The summed E-state index contributed by atoms with van der Waals surface area (Å²) in [6, 6.07) is 7.26. The summed E-state index contributed by atoms with van der Waals surface area (Å²) in [5, 5.41) is 0.431. The molecule has 0 bridgehead atoms. The lowest BCUT2D eigenvalue weighted by Gasteiger charge is -2.32. The molecular weight excluding hydrogens is 306 g/mol. The maximum atomic E-state index is 13.2. The molecule has 2 heterocycles. The van der Waals surface area contributed by atoms with Crippen molar-refractivity contribution in [2.75, 3.05) is 0 Å². The predicted octanol–water partition coefficient (Wildman–Crippen LogP) is 3.55. The molecule has 0 saturated carbocycles. The topological polar surface area (TPSA) is 31.4 Å². The van der Waals surface area contributed by atoms with Crippen LogP contribution in [0.15, 0.2) is 30.3 Å². The SMILES string of the molecule is CC1(C)OB(c2ccc3cccc(C(F)(F)F)c3n2)OC1(C)C. The Hall–Kier alpha value is -1.60. The second-order valence-electron chi connectivity index (χ2n) is 6.70. The Bertz CT molecular complexity index is 743. The van der Waals surface area contributed by atoms with E-state index in [9.17, 15) is 13.2 Å². The summed E-state index contributed by atoms with van der Waals surface area (Å²) >= 11 is 0. The van der Waals surface area contributed by atoms with Gasteiger partial charge in [-0.15, -0.1) is 0 Å². The molecule has 0 unspecified atom stereocenters. The Morgan fingerprint density at radius 3 is 2.13 bits per heavy atom. The van der Waals surface area contributed by atoms with E-state index in [0.717, 1.165) is 6.07 Å². The summed E-state index contributed by atoms with van der Waals surface area (Å²) in [5.41, 5.74) is -1.65. The van der Waals surface area contributed by atoms with Gasteiger partial charge in [-0.25, -0.2) is 0 Å². The molecule has 2 aromatic rings. The lowest BCUT2D eigenvalue weighted by Crippen LogP contribution is -2.41. The Morgan fingerprint density at radius 2 is 1.57 bits per heavy atom. The molecule has 3 nitrogen and oxygen atoms in total. The largest absolute Gasteiger partial charge is 0.514 e. The van der Waals surface area contributed by atoms with Gasteiger partial charge in [0.05, 0.1) is 27.9 Å². The van der Waals surface area contributed by atoms with E-state index in [4.69, 9.17) is 9.31 Å². The molecule has 122 valence electrons. The minimum Gasteiger partial charge on any atom is -0.398 e. The predicted molar refractivity (Wildman–Crippen MR) is 82.5 cm³/mol. The van der Waals surface area contributed by atoms with Crippen molar-refractivity contribution in [2.24, 2.45) is 0 Å². The number of alkyl halides is 3. The van der Waals surface area contributed by atoms with Crippen molar-refractivity contribution in [3.8, 4) is 0 Å². The highest BCUT2D eigenvalue weighted by molar-refractivity contribution is 6.61. The molecule has 1 saturated heterocycles. The van der Waals surface area contributed by atoms with Crippen LogP contribution in [0.2, 0.25) is 0 Å². The summed E-state index contributed by atoms with van der Waals surface area (Å²) in [6.45, 7) is 7.54. The third-order valence-corrected chi connectivity index (χ3v) is 4.54. The van der Waals surface area contributed by atoms with E-state index in [1.807, 2.05) is 27.7 Å². The van der Waals surface area contributed by atoms with Gasteiger partial charge in [0.2, 0.25) is 0 Å². The van der Waals surface area contributed by atoms with Crippen LogP contribution in [0.1, 0.15) is 33.3 Å². The third kappa shape index (κ3) is 2.72. The second kappa shape index (κ2) is 4.95. The van der Waals surface area contributed by atoms with Crippen LogP contribution in [0, 0.1) is 0 Å². The summed E-state index contributed by atoms with van der Waals surface area (Å²) in [7, 11) is -0.786. The summed E-state index contributed by atoms with van der Waals surface area (Å²) in [4.78, 5) is 4.18. The number of pyridine rings is 1. The van der Waals surface area contributed by atoms with Crippen LogP contribution in [0.3, 0.4) is 0 Å². The van der Waals surface area contributed by atoms with Gasteiger partial charge in [-0.2, -0.15) is 13.2 Å². The molecule has 0 spiro atoms. The highest BCUT2D eigenvalue weighted by Crippen LogP contribution is 2.37. The highest BCUT2D eigenvalue weighted by Gasteiger charge is 2.52. The summed E-state index contributed by atoms with van der Waals surface area (Å²) in [5.74, 6) is 0. The van der Waals surface area contributed by atoms with Crippen LogP contribution in [-0.4, -0.2) is 23.3 Å². The first-order valence-corrected chi connectivity index (χ1v) is 7.34. The molecule has 1 fully saturated rings. The fourth-order valence-electron chi connectivity index (χ4n) is 2.49. The van der Waals surface area contributed by atoms with Crippen LogP contribution in [0.4, 0.5) is 13.2 Å². The monoisotopic (exact) mass is 323 g/mol. The Morgan fingerprint density at radius 1 is 0.957 bits per heavy atom. The fourth-order valence-corrected chi connectivity index (χ4v) is 2.49. The molecule has 3 rings (SSSR count). The number of aromatic nitrogens is 1. The van der Waals surface area contributed by atoms with Gasteiger partial charge in [0.25, 0.3) is 0 Å². The Balaban J connectivity index is 2.08. The standard InChI is InChI=1S/C16H17BF3NO2/c1-14(2)15(3,4)23-17(22-14)12-9-8-10-6-5-7-11(13(10)21-12)16(18,19)20/h5-9H,1-4H3. The number of halogens is 3. The van der Waals surface area contributed by atoms with Crippen LogP contribution in [0.5, 0.6) is 0 Å². The summed E-state index contributed by atoms with van der Waals surface area (Å²) in [6.07, 6.45) is -4.46. The van der Waals surface area contributed by atoms with Gasteiger partial charge in [0.1, 0.15) is 0 Å². The average Bonchev–Trinajstić information content (AvgIpc) is 2.65. The maximum Gasteiger partial charge on any atom is 0.514 e. The van der Waals surface area contributed by atoms with Crippen molar-refractivity contribution in [3.63, 3.8) is 0 Å². The zero-order valence-electron chi connectivity index (χ0n) is 13.4. The normalized spacial score (nSPS) is 20.2. The molecule has 0 radical (unpaired) electrons. The van der Waals surface area contributed by atoms with Crippen molar-refractivity contribution >= 4 is 23.6 Å². The molecule has 23 heavy (non-hydrogen) atoms. The Kier molecular flexibility index (Phi) is 3.50. The quantitative estimate of drug-likeness (QED) is 0.752. The molecule has 1 aromatic heterocycles. The number of rotatable bonds is 1. The first-order valence-electron chi connectivity index (χ1n) is 7.34. The van der Waals surface area contributed by atoms with Gasteiger partial charge in [-0.3, -0.25) is 4.98 Å². The van der Waals surface area contributed by atoms with Crippen LogP contribution in [0.25, 0.3) is 10.9 Å². The molecule has 1 aromatic carbocycles. The van der Waals surface area contributed by atoms with Gasteiger partial charge in [0.15, 0.2) is 0 Å². The second-order valence-corrected chi connectivity index (χ2v) is 6.70. The van der Waals surface area contributed by atoms with E-state index in [1.54, 1.807) is 18.2 Å². The van der Waals surface area contributed by atoms with Gasteiger partial charge < -0.3 is 9.31 Å². The molecule has 7 heteroatoms. The summed E-state index contributed by atoms with van der Waals surface area (Å²) < 4.78 is 51.2. The van der Waals surface area contributed by atoms with Crippen molar-refractivity contribution < 1.29 is 22.5 Å². The van der Waals surface area contributed by atoms with Crippen molar-refractivity contribution in [3.05, 3.63) is 35.9 Å². The van der Waals surface area contributed by atoms with Crippen molar-refractivity contribution in [1.29, 1.82) is 0 Å². The smallest absolute Gasteiger partial charge is 0.398 e. The number of benzene rings is 1. The number of nitrogens with zero attached hydrogens (tertiary/aromatic N) is 1. The first kappa shape index (κ1) is 16.3. The first-order chi connectivity index (χ1) is 10.5. The molecule has 0 amide bonds. The van der Waals surface area contributed by atoms with E-state index < -0.39 is 30.1 Å². The van der Waals surface area contributed by atoms with Gasteiger partial charge >= 0.3 is 13.3 Å². The van der Waals surface area contributed by atoms with Crippen molar-refractivity contribution in [1.82, 2.24) is 4.98 Å². The number of fused-ring (bicyclic) bond motifs is 1. The number of para-hydroxylation sites is 1. The van der Waals surface area contributed by atoms with E-state index in [-0.39, 0.29) is 5.52 Å². The maximum absolute atomic E-state index is 13.2. The van der Waals surface area contributed by atoms with E-state index in [2.05, 4.69) is 4.98 Å². The van der Waals surface area contributed by atoms with Crippen LogP contribution >= 0.6 is 0 Å². The molecule has 0 atom stereocenters. The third-order valence-electron chi connectivity index (χ3n) is 4.54. The number of hydrogen-bond donors (Lipinski definition) is 0. The minimum absolute atomic E-state index is 0.0905. The van der Waals surface area contributed by atoms with E-state index >= 15 is 0 Å². The highest BCUT2D eigenvalue weighted by atomic mass is 19.4. The lowest BCUT2D eigenvalue weighted by molar-refractivity contribution is -0.136.